The molecule has 0 spiro atoms. The highest BCUT2D eigenvalue weighted by Crippen LogP contribution is 2.29. The average Bonchev–Trinajstić information content (AvgIpc) is 2.94. The highest BCUT2D eigenvalue weighted by atomic mass is 32.2. The maximum absolute atomic E-state index is 12.8. The number of aliphatic hydroxyl groups excluding tert-OH is 1. The van der Waals surface area contributed by atoms with Gasteiger partial charge in [-0.25, -0.2) is 8.42 Å². The van der Waals surface area contributed by atoms with Crippen molar-refractivity contribution >= 4 is 15.7 Å². The van der Waals surface area contributed by atoms with Crippen LogP contribution in [0, 0.1) is 0 Å². The van der Waals surface area contributed by atoms with Gasteiger partial charge in [-0.1, -0.05) is 19.1 Å². The van der Waals surface area contributed by atoms with E-state index in [4.69, 9.17) is 0 Å². The molecule has 1 fully saturated rings. The van der Waals surface area contributed by atoms with Gasteiger partial charge >= 0.3 is 0 Å². The van der Waals surface area contributed by atoms with E-state index in [9.17, 15) is 13.5 Å². The molecular formula is C14H22N2O3S. The molecule has 1 unspecified atom stereocenters. The van der Waals surface area contributed by atoms with Crippen molar-refractivity contribution in [1.29, 1.82) is 0 Å². The first-order chi connectivity index (χ1) is 9.61. The molecule has 5 nitrogen and oxygen atoms in total. The Morgan fingerprint density at radius 2 is 2.15 bits per heavy atom. The summed E-state index contributed by atoms with van der Waals surface area (Å²) in [5.74, 6) is 0. The quantitative estimate of drug-likeness (QED) is 0.838. The lowest BCUT2D eigenvalue weighted by Gasteiger charge is -2.24. The van der Waals surface area contributed by atoms with Crippen LogP contribution in [0.5, 0.6) is 0 Å². The number of nitrogens with one attached hydrogen (secondary N) is 1. The van der Waals surface area contributed by atoms with E-state index in [0.717, 1.165) is 25.8 Å². The molecule has 0 bridgehead atoms. The third kappa shape index (κ3) is 2.97. The van der Waals surface area contributed by atoms with E-state index in [1.165, 1.54) is 4.31 Å². The van der Waals surface area contributed by atoms with Crippen molar-refractivity contribution < 1.29 is 13.5 Å². The van der Waals surface area contributed by atoms with Crippen LogP contribution >= 0.6 is 0 Å². The van der Waals surface area contributed by atoms with Gasteiger partial charge in [-0.15, -0.1) is 0 Å². The van der Waals surface area contributed by atoms with E-state index in [-0.39, 0.29) is 12.6 Å². The molecular weight excluding hydrogens is 276 g/mol. The Kier molecular flexibility index (Phi) is 5.01. The van der Waals surface area contributed by atoms with Crippen LogP contribution in [0.25, 0.3) is 0 Å². The number of anilines is 1. The van der Waals surface area contributed by atoms with E-state index in [1.54, 1.807) is 18.2 Å². The van der Waals surface area contributed by atoms with Crippen LogP contribution < -0.4 is 5.32 Å². The molecule has 0 radical (unpaired) electrons. The first-order valence-corrected chi connectivity index (χ1v) is 8.51. The van der Waals surface area contributed by atoms with Gasteiger partial charge in [0.2, 0.25) is 10.0 Å². The van der Waals surface area contributed by atoms with Gasteiger partial charge in [0.1, 0.15) is 4.90 Å². The molecule has 1 heterocycles. The number of benzene rings is 1. The molecule has 1 aromatic carbocycles. The second-order valence-electron chi connectivity index (χ2n) is 5.02. The Bertz CT molecular complexity index is 545. The number of hydrogen-bond acceptors (Lipinski definition) is 4. The van der Waals surface area contributed by atoms with Gasteiger partial charge in [0.25, 0.3) is 0 Å². The van der Waals surface area contributed by atoms with Crippen molar-refractivity contribution in [3.63, 3.8) is 0 Å². The fraction of sp³-hybridized carbons (Fsp3) is 0.571. The molecule has 0 aliphatic carbocycles. The van der Waals surface area contributed by atoms with Gasteiger partial charge in [-0.05, 0) is 31.4 Å². The van der Waals surface area contributed by atoms with Crippen molar-refractivity contribution in [2.75, 3.05) is 25.0 Å². The molecule has 1 aliphatic rings. The first kappa shape index (κ1) is 15.3. The first-order valence-electron chi connectivity index (χ1n) is 7.07. The molecule has 2 rings (SSSR count). The third-order valence-corrected chi connectivity index (χ3v) is 5.58. The van der Waals surface area contributed by atoms with E-state index >= 15 is 0 Å². The summed E-state index contributed by atoms with van der Waals surface area (Å²) < 4.78 is 27.0. The highest BCUT2D eigenvalue weighted by Gasteiger charge is 2.35. The summed E-state index contributed by atoms with van der Waals surface area (Å²) in [6, 6.07) is 6.67. The summed E-state index contributed by atoms with van der Waals surface area (Å²) in [6.07, 6.45) is 2.45. The smallest absolute Gasteiger partial charge is 0.245 e. The lowest BCUT2D eigenvalue weighted by Crippen LogP contribution is -2.37. The average molecular weight is 298 g/mol. The lowest BCUT2D eigenvalue weighted by molar-refractivity contribution is 0.213. The highest BCUT2D eigenvalue weighted by molar-refractivity contribution is 7.89. The summed E-state index contributed by atoms with van der Waals surface area (Å²) in [5, 5.41) is 12.5. The zero-order valence-electron chi connectivity index (χ0n) is 11.7. The monoisotopic (exact) mass is 298 g/mol. The van der Waals surface area contributed by atoms with Gasteiger partial charge < -0.3 is 10.4 Å². The number of rotatable bonds is 6. The Hall–Kier alpha value is -1.11. The molecule has 20 heavy (non-hydrogen) atoms. The van der Waals surface area contributed by atoms with Crippen molar-refractivity contribution in [3.8, 4) is 0 Å². The predicted molar refractivity (Wildman–Crippen MR) is 79.2 cm³/mol. The van der Waals surface area contributed by atoms with E-state index in [1.807, 2.05) is 13.0 Å². The van der Waals surface area contributed by atoms with Gasteiger partial charge in [-0.2, -0.15) is 4.31 Å². The molecule has 6 heteroatoms. The van der Waals surface area contributed by atoms with Crippen LogP contribution in [0.1, 0.15) is 26.2 Å². The standard InChI is InChI=1S/C14H22N2O3S/c1-2-9-15-13-7-3-4-8-14(13)20(18,19)16-10-5-6-12(16)11-17/h3-4,7-8,12,15,17H,2,5-6,9-11H2,1H3. The maximum atomic E-state index is 12.8. The van der Waals surface area contributed by atoms with Crippen LogP contribution in [-0.2, 0) is 10.0 Å². The fourth-order valence-electron chi connectivity index (χ4n) is 2.53. The molecule has 0 amide bonds. The van der Waals surface area contributed by atoms with Crippen molar-refractivity contribution in [1.82, 2.24) is 4.31 Å². The van der Waals surface area contributed by atoms with Crippen LogP contribution in [0.2, 0.25) is 0 Å². The molecule has 112 valence electrons. The zero-order chi connectivity index (χ0) is 14.6. The van der Waals surface area contributed by atoms with Crippen molar-refractivity contribution in [2.24, 2.45) is 0 Å². The minimum Gasteiger partial charge on any atom is -0.395 e. The Morgan fingerprint density at radius 3 is 2.85 bits per heavy atom. The molecule has 0 aromatic heterocycles. The molecule has 1 saturated heterocycles. The predicted octanol–water partition coefficient (Wildman–Crippen LogP) is 1.65. The fourth-order valence-corrected chi connectivity index (χ4v) is 4.39. The molecule has 0 saturated carbocycles. The number of aliphatic hydroxyl groups is 1. The largest absolute Gasteiger partial charge is 0.395 e. The van der Waals surface area contributed by atoms with Crippen molar-refractivity contribution in [3.05, 3.63) is 24.3 Å². The minimum absolute atomic E-state index is 0.121. The summed E-state index contributed by atoms with van der Waals surface area (Å²) in [4.78, 5) is 0.300. The van der Waals surface area contributed by atoms with E-state index in [0.29, 0.717) is 17.1 Å². The SMILES string of the molecule is CCCNc1ccccc1S(=O)(=O)N1CCCC1CO. The van der Waals surface area contributed by atoms with Crippen molar-refractivity contribution in [2.45, 2.75) is 37.1 Å². The number of nitrogens with zero attached hydrogens (tertiary/aromatic N) is 1. The lowest BCUT2D eigenvalue weighted by atomic mass is 10.2. The van der Waals surface area contributed by atoms with Crippen LogP contribution in [0.15, 0.2) is 29.2 Å². The zero-order valence-corrected chi connectivity index (χ0v) is 12.6. The Balaban J connectivity index is 2.34. The van der Waals surface area contributed by atoms with Crippen LogP contribution in [-0.4, -0.2) is 43.6 Å². The Morgan fingerprint density at radius 1 is 1.40 bits per heavy atom. The number of para-hydroxylation sites is 1. The Labute approximate surface area is 120 Å². The molecule has 1 aliphatic heterocycles. The summed E-state index contributed by atoms with van der Waals surface area (Å²) >= 11 is 0. The molecule has 2 N–H and O–H groups in total. The molecule has 1 atom stereocenters. The number of hydrogen-bond donors (Lipinski definition) is 2. The number of sulfonamides is 1. The van der Waals surface area contributed by atoms with Gasteiger partial charge in [-0.3, -0.25) is 0 Å². The van der Waals surface area contributed by atoms with Gasteiger partial charge in [0.05, 0.1) is 12.3 Å². The second-order valence-corrected chi connectivity index (χ2v) is 6.88. The van der Waals surface area contributed by atoms with Crippen LogP contribution in [0.4, 0.5) is 5.69 Å². The van der Waals surface area contributed by atoms with Crippen LogP contribution in [0.3, 0.4) is 0 Å². The maximum Gasteiger partial charge on any atom is 0.245 e. The van der Waals surface area contributed by atoms with E-state index < -0.39 is 10.0 Å². The normalized spacial score (nSPS) is 20.2. The molecule has 1 aromatic rings. The summed E-state index contributed by atoms with van der Waals surface area (Å²) in [6.45, 7) is 3.13. The third-order valence-electron chi connectivity index (χ3n) is 3.57. The summed E-state index contributed by atoms with van der Waals surface area (Å²) in [7, 11) is -3.55. The topological polar surface area (TPSA) is 69.6 Å². The van der Waals surface area contributed by atoms with Gasteiger partial charge in [0.15, 0.2) is 0 Å². The van der Waals surface area contributed by atoms with E-state index in [2.05, 4.69) is 5.32 Å². The summed E-state index contributed by atoms with van der Waals surface area (Å²) in [5.41, 5.74) is 0.637. The minimum atomic E-state index is -3.55. The second kappa shape index (κ2) is 6.56. The van der Waals surface area contributed by atoms with Gasteiger partial charge in [0, 0.05) is 19.1 Å².